The molecule has 1 aliphatic heterocycles. The summed E-state index contributed by atoms with van der Waals surface area (Å²) < 4.78 is 27.1. The van der Waals surface area contributed by atoms with Gasteiger partial charge in [-0.2, -0.15) is 0 Å². The van der Waals surface area contributed by atoms with Crippen molar-refractivity contribution in [3.63, 3.8) is 0 Å². The first-order valence-corrected chi connectivity index (χ1v) is 9.46. The van der Waals surface area contributed by atoms with E-state index in [1.54, 1.807) is 26.4 Å². The summed E-state index contributed by atoms with van der Waals surface area (Å²) in [6.07, 6.45) is 4.69. The summed E-state index contributed by atoms with van der Waals surface area (Å²) in [5.41, 5.74) is 1.18. The molecule has 7 nitrogen and oxygen atoms in total. The highest BCUT2D eigenvalue weighted by molar-refractivity contribution is 6.07. The third-order valence-corrected chi connectivity index (χ3v) is 6.13. The zero-order valence-corrected chi connectivity index (χ0v) is 16.9. The van der Waals surface area contributed by atoms with Crippen LogP contribution >= 0.6 is 0 Å². The Labute approximate surface area is 169 Å². The monoisotopic (exact) mass is 400 g/mol. The number of methoxy groups -OCH3 is 4. The van der Waals surface area contributed by atoms with Gasteiger partial charge in [0, 0.05) is 11.3 Å². The minimum atomic E-state index is -0.776. The molecule has 4 rings (SSSR count). The van der Waals surface area contributed by atoms with Crippen LogP contribution in [0.5, 0.6) is 11.5 Å². The van der Waals surface area contributed by atoms with Crippen molar-refractivity contribution >= 4 is 11.8 Å². The van der Waals surface area contributed by atoms with Gasteiger partial charge in [-0.3, -0.25) is 9.59 Å². The number of cyclic esters (lactones) is 1. The zero-order chi connectivity index (χ0) is 20.8. The second-order valence-electron chi connectivity index (χ2n) is 7.56. The summed E-state index contributed by atoms with van der Waals surface area (Å²) in [6.45, 7) is 0.383. The number of hydrogen-bond donors (Lipinski definition) is 0. The molecule has 1 saturated heterocycles. The van der Waals surface area contributed by atoms with Gasteiger partial charge in [-0.1, -0.05) is 0 Å². The summed E-state index contributed by atoms with van der Waals surface area (Å²) in [5.74, 6) is 0.798. The zero-order valence-electron chi connectivity index (χ0n) is 16.9. The maximum absolute atomic E-state index is 12.6. The molecule has 0 saturated carbocycles. The van der Waals surface area contributed by atoms with Gasteiger partial charge in [0.2, 0.25) is 0 Å². The summed E-state index contributed by atoms with van der Waals surface area (Å²) in [5, 5.41) is 0. The van der Waals surface area contributed by atoms with Gasteiger partial charge in [0.25, 0.3) is 5.78 Å². The normalized spacial score (nSPS) is 24.6. The van der Waals surface area contributed by atoms with E-state index in [2.05, 4.69) is 0 Å². The largest absolute Gasteiger partial charge is 0.493 e. The number of fused-ring (bicyclic) bond motifs is 3. The van der Waals surface area contributed by atoms with E-state index in [1.807, 2.05) is 12.1 Å². The smallest absolute Gasteiger partial charge is 0.309 e. The second kappa shape index (κ2) is 7.13. The van der Waals surface area contributed by atoms with Crippen LogP contribution in [0.15, 0.2) is 35.8 Å². The van der Waals surface area contributed by atoms with Crippen molar-refractivity contribution in [3.8, 4) is 11.5 Å². The van der Waals surface area contributed by atoms with Gasteiger partial charge in [-0.15, -0.1) is 0 Å². The topological polar surface area (TPSA) is 80.3 Å². The lowest BCUT2D eigenvalue weighted by atomic mass is 9.70. The minimum Gasteiger partial charge on any atom is -0.493 e. The van der Waals surface area contributed by atoms with Gasteiger partial charge in [-0.05, 0) is 48.3 Å². The van der Waals surface area contributed by atoms with Gasteiger partial charge in [-0.25, -0.2) is 0 Å². The molecule has 0 aromatic heterocycles. The van der Waals surface area contributed by atoms with Crippen LogP contribution in [0, 0.1) is 11.8 Å². The number of ketones is 1. The third kappa shape index (κ3) is 2.96. The van der Waals surface area contributed by atoms with Crippen molar-refractivity contribution in [2.45, 2.75) is 18.3 Å². The summed E-state index contributed by atoms with van der Waals surface area (Å²) in [7, 11) is 6.08. The molecule has 1 heterocycles. The van der Waals surface area contributed by atoms with Crippen molar-refractivity contribution in [3.05, 3.63) is 46.9 Å². The quantitative estimate of drug-likeness (QED) is 0.718. The average Bonchev–Trinajstić information content (AvgIpc) is 3.01. The Bertz CT molecular complexity index is 903. The maximum Gasteiger partial charge on any atom is 0.309 e. The van der Waals surface area contributed by atoms with Crippen molar-refractivity contribution in [2.24, 2.45) is 11.8 Å². The molecule has 0 N–H and O–H groups in total. The van der Waals surface area contributed by atoms with E-state index in [9.17, 15) is 9.59 Å². The van der Waals surface area contributed by atoms with E-state index < -0.39 is 5.41 Å². The number of esters is 1. The number of allylic oxidation sites excluding steroid dienone is 2. The first kappa shape index (κ1) is 19.4. The van der Waals surface area contributed by atoms with Crippen LogP contribution in [0.3, 0.4) is 0 Å². The van der Waals surface area contributed by atoms with Crippen LogP contribution < -0.4 is 9.47 Å². The number of Topliss-reactive ketones (excluding diaryl/α,β-unsaturated/α-hetero) is 1. The van der Waals surface area contributed by atoms with Gasteiger partial charge in [0.15, 0.2) is 23.0 Å². The van der Waals surface area contributed by atoms with Crippen LogP contribution in [-0.2, 0) is 35.6 Å². The molecular formula is C22H24O7. The van der Waals surface area contributed by atoms with E-state index in [0.717, 1.165) is 11.1 Å². The molecule has 154 valence electrons. The van der Waals surface area contributed by atoms with Crippen LogP contribution in [0.2, 0.25) is 0 Å². The van der Waals surface area contributed by atoms with Crippen LogP contribution in [-0.4, -0.2) is 46.8 Å². The second-order valence-corrected chi connectivity index (χ2v) is 7.56. The molecule has 3 aliphatic rings. The Kier molecular flexibility index (Phi) is 4.76. The van der Waals surface area contributed by atoms with E-state index in [-0.39, 0.29) is 35.1 Å². The fourth-order valence-electron chi connectivity index (χ4n) is 4.67. The van der Waals surface area contributed by atoms with Crippen LogP contribution in [0.25, 0.3) is 0 Å². The molecule has 1 aromatic rings. The molecule has 0 radical (unpaired) electrons. The molecule has 29 heavy (non-hydrogen) atoms. The van der Waals surface area contributed by atoms with Gasteiger partial charge in [0.1, 0.15) is 0 Å². The lowest BCUT2D eigenvalue weighted by Gasteiger charge is -2.34. The molecule has 1 fully saturated rings. The fraction of sp³-hybridized carbons (Fsp3) is 0.455. The van der Waals surface area contributed by atoms with E-state index in [1.165, 1.54) is 14.2 Å². The molecule has 1 aromatic carbocycles. The summed E-state index contributed by atoms with van der Waals surface area (Å²) in [6, 6.07) is 3.86. The Morgan fingerprint density at radius 1 is 0.931 bits per heavy atom. The maximum atomic E-state index is 12.6. The summed E-state index contributed by atoms with van der Waals surface area (Å²) >= 11 is 0. The molecular weight excluding hydrogens is 376 g/mol. The Morgan fingerprint density at radius 3 is 2.14 bits per heavy atom. The standard InChI is InChI=1S/C22H24O7/c1-25-16-6-12-5-13-11-29-21(24)14(13)8-22(15(12)7-17(16)26-2)9-18(27-3)20(23)19(10-22)28-4/h6-7,9-10,13-14H,5,8,11H2,1-4H3/t13-,14+/m0/s1. The van der Waals surface area contributed by atoms with E-state index >= 15 is 0 Å². The molecule has 1 spiro atoms. The number of carbonyl (C=O) groups is 2. The Balaban J connectivity index is 1.99. The van der Waals surface area contributed by atoms with Crippen molar-refractivity contribution < 1.29 is 33.3 Å². The van der Waals surface area contributed by atoms with Gasteiger partial charge < -0.3 is 23.7 Å². The van der Waals surface area contributed by atoms with E-state index in [0.29, 0.717) is 30.9 Å². The molecule has 2 atom stereocenters. The van der Waals surface area contributed by atoms with Crippen molar-refractivity contribution in [2.75, 3.05) is 35.0 Å². The number of ether oxygens (including phenoxy) is 5. The van der Waals surface area contributed by atoms with Crippen molar-refractivity contribution in [1.29, 1.82) is 0 Å². The molecule has 0 amide bonds. The van der Waals surface area contributed by atoms with Crippen LogP contribution in [0.4, 0.5) is 0 Å². The lowest BCUT2D eigenvalue weighted by molar-refractivity contribution is -0.141. The molecule has 7 heteroatoms. The lowest BCUT2D eigenvalue weighted by Crippen LogP contribution is -2.33. The first-order valence-electron chi connectivity index (χ1n) is 9.46. The fourth-order valence-corrected chi connectivity index (χ4v) is 4.67. The Morgan fingerprint density at radius 2 is 1.55 bits per heavy atom. The summed E-state index contributed by atoms with van der Waals surface area (Å²) in [4.78, 5) is 25.1. The number of benzene rings is 1. The van der Waals surface area contributed by atoms with Crippen LogP contribution in [0.1, 0.15) is 17.5 Å². The highest BCUT2D eigenvalue weighted by Gasteiger charge is 2.49. The SMILES string of the molecule is COC1=CC2(C=C(OC)C1=O)C[C@H]1C(=O)OC[C@@H]1Cc1cc(OC)c(OC)cc12. The van der Waals surface area contributed by atoms with E-state index in [4.69, 9.17) is 23.7 Å². The predicted molar refractivity (Wildman–Crippen MR) is 103 cm³/mol. The molecule has 0 bridgehead atoms. The predicted octanol–water partition coefficient (Wildman–Crippen LogP) is 2.32. The molecule has 0 unspecified atom stereocenters. The number of rotatable bonds is 4. The minimum absolute atomic E-state index is 0.0511. The van der Waals surface area contributed by atoms with Gasteiger partial charge >= 0.3 is 5.97 Å². The highest BCUT2D eigenvalue weighted by atomic mass is 16.5. The molecule has 2 aliphatic carbocycles. The third-order valence-electron chi connectivity index (χ3n) is 6.13. The highest BCUT2D eigenvalue weighted by Crippen LogP contribution is 2.50. The first-order chi connectivity index (χ1) is 14.0. The Hall–Kier alpha value is -2.96. The van der Waals surface area contributed by atoms with Gasteiger partial charge in [0.05, 0.1) is 41.0 Å². The number of hydrogen-bond acceptors (Lipinski definition) is 7. The average molecular weight is 400 g/mol. The van der Waals surface area contributed by atoms with Crippen molar-refractivity contribution in [1.82, 2.24) is 0 Å². The number of carbonyl (C=O) groups excluding carboxylic acids is 2.